The Hall–Kier alpha value is -2.58. The van der Waals surface area contributed by atoms with Gasteiger partial charge in [-0.1, -0.05) is 62.2 Å². The molecule has 43 heavy (non-hydrogen) atoms. The maximum Gasteiger partial charge on any atom is 0.242 e. The highest BCUT2D eigenvalue weighted by atomic mass is 35.5. The Kier molecular flexibility index (Phi) is 7.86. The summed E-state index contributed by atoms with van der Waals surface area (Å²) in [6.45, 7) is 7.02. The lowest BCUT2D eigenvalue weighted by Crippen LogP contribution is -2.62. The summed E-state index contributed by atoms with van der Waals surface area (Å²) in [7, 11) is 0. The molecule has 3 aromatic rings. The summed E-state index contributed by atoms with van der Waals surface area (Å²) in [5.41, 5.74) is 0.318. The zero-order valence-electron chi connectivity index (χ0n) is 24.8. The highest BCUT2D eigenvalue weighted by Crippen LogP contribution is 2.67. The van der Waals surface area contributed by atoms with Gasteiger partial charge in [-0.3, -0.25) is 14.5 Å². The van der Waals surface area contributed by atoms with Gasteiger partial charge in [0.1, 0.15) is 11.2 Å². The third kappa shape index (κ3) is 4.61. The number of nitrogens with one attached hydrogen (secondary N) is 2. The van der Waals surface area contributed by atoms with Gasteiger partial charge in [-0.2, -0.15) is 0 Å². The van der Waals surface area contributed by atoms with E-state index < -0.39 is 28.7 Å². The molecule has 2 N–H and O–H groups in total. The second kappa shape index (κ2) is 11.1. The molecular formula is C34H36Cl2FN3O2S. The average molecular weight is 641 g/mol. The van der Waals surface area contributed by atoms with Crippen LogP contribution >= 0.6 is 35.0 Å². The van der Waals surface area contributed by atoms with Gasteiger partial charge in [-0.15, -0.1) is 11.8 Å². The summed E-state index contributed by atoms with van der Waals surface area (Å²) in [6, 6.07) is 17.1. The van der Waals surface area contributed by atoms with Gasteiger partial charge >= 0.3 is 0 Å². The number of thioether (sulfide) groups is 1. The van der Waals surface area contributed by atoms with Gasteiger partial charge in [0.2, 0.25) is 11.8 Å². The standard InChI is InChI=1S/C34H36Cl2FN3O2S/c1-5-40-29(30(41)38-21-10-12-22(43-4)13-11-21)27(23-7-6-8-25(36)28(23)37)34(33(40)17-15-32(2,3)16-18-33)24-14-9-20(35)19-26(24)39-31(34)42/h6-14,19,27,29H,5,15-18H2,1-4H3,(H,38,41)(H,39,42)/t27-,29+,34+/m0/s1. The Morgan fingerprint density at radius 2 is 1.77 bits per heavy atom. The smallest absolute Gasteiger partial charge is 0.242 e. The fourth-order valence-electron chi connectivity index (χ4n) is 8.15. The molecule has 0 unspecified atom stereocenters. The quantitative estimate of drug-likeness (QED) is 0.275. The monoisotopic (exact) mass is 639 g/mol. The second-order valence-corrected chi connectivity index (χ2v) is 14.4. The molecule has 0 radical (unpaired) electrons. The molecule has 6 rings (SSSR count). The first-order valence-electron chi connectivity index (χ1n) is 14.8. The minimum absolute atomic E-state index is 0.0389. The van der Waals surface area contributed by atoms with E-state index >= 15 is 4.39 Å². The summed E-state index contributed by atoms with van der Waals surface area (Å²) in [5.74, 6) is -1.97. The first kappa shape index (κ1) is 30.4. The number of hydrogen-bond acceptors (Lipinski definition) is 4. The van der Waals surface area contributed by atoms with Crippen molar-refractivity contribution in [2.24, 2.45) is 5.41 Å². The van der Waals surface area contributed by atoms with Crippen molar-refractivity contribution in [3.63, 3.8) is 0 Å². The van der Waals surface area contributed by atoms with Crippen molar-refractivity contribution in [2.45, 2.75) is 74.3 Å². The number of anilines is 2. The predicted molar refractivity (Wildman–Crippen MR) is 174 cm³/mol. The predicted octanol–water partition coefficient (Wildman–Crippen LogP) is 8.51. The van der Waals surface area contributed by atoms with E-state index in [1.807, 2.05) is 43.5 Å². The van der Waals surface area contributed by atoms with E-state index in [9.17, 15) is 9.59 Å². The Balaban J connectivity index is 1.63. The summed E-state index contributed by atoms with van der Waals surface area (Å²) >= 11 is 14.4. The van der Waals surface area contributed by atoms with E-state index in [0.29, 0.717) is 35.8 Å². The van der Waals surface area contributed by atoms with Crippen molar-refractivity contribution >= 4 is 58.2 Å². The van der Waals surface area contributed by atoms with Crippen LogP contribution in [-0.2, 0) is 15.0 Å². The van der Waals surface area contributed by atoms with Gasteiger partial charge < -0.3 is 10.6 Å². The number of nitrogens with zero attached hydrogens (tertiary/aromatic N) is 1. The van der Waals surface area contributed by atoms with E-state index in [1.165, 1.54) is 6.07 Å². The van der Waals surface area contributed by atoms with Crippen molar-refractivity contribution in [1.29, 1.82) is 0 Å². The SMILES string of the molecule is CCN1[C@@H](C(=O)Nc2ccc(SC)cc2)[C@H](c2cccc(Cl)c2F)[C@]2(C(=O)Nc3cc(Cl)ccc32)C12CCC(C)(C)CC2. The largest absolute Gasteiger partial charge is 0.325 e. The number of likely N-dealkylation sites (tertiary alicyclic amines) is 1. The summed E-state index contributed by atoms with van der Waals surface area (Å²) in [5, 5.41) is 6.71. The fourth-order valence-corrected chi connectivity index (χ4v) is 8.91. The zero-order valence-corrected chi connectivity index (χ0v) is 27.1. The molecule has 9 heteroatoms. The second-order valence-electron chi connectivity index (χ2n) is 12.7. The molecule has 1 aliphatic carbocycles. The molecule has 2 spiro atoms. The van der Waals surface area contributed by atoms with Crippen molar-refractivity contribution < 1.29 is 14.0 Å². The van der Waals surface area contributed by atoms with Gasteiger partial charge in [-0.05, 0) is 97.5 Å². The summed E-state index contributed by atoms with van der Waals surface area (Å²) in [6.07, 6.45) is 5.06. The molecular weight excluding hydrogens is 604 g/mol. The molecule has 3 aliphatic rings. The van der Waals surface area contributed by atoms with E-state index in [2.05, 4.69) is 29.4 Å². The first-order chi connectivity index (χ1) is 20.5. The van der Waals surface area contributed by atoms with E-state index in [1.54, 1.807) is 36.0 Å². The molecule has 226 valence electrons. The zero-order chi connectivity index (χ0) is 30.7. The molecule has 2 fully saturated rings. The molecule has 1 saturated carbocycles. The van der Waals surface area contributed by atoms with Gasteiger partial charge in [0, 0.05) is 32.7 Å². The minimum atomic E-state index is -1.27. The molecule has 3 atom stereocenters. The lowest BCUT2D eigenvalue weighted by atomic mass is 9.53. The summed E-state index contributed by atoms with van der Waals surface area (Å²) in [4.78, 5) is 32.7. The molecule has 0 bridgehead atoms. The van der Waals surface area contributed by atoms with Crippen LogP contribution in [0, 0.1) is 11.2 Å². The number of fused-ring (bicyclic) bond motifs is 3. The molecule has 3 aromatic carbocycles. The molecule has 2 heterocycles. The van der Waals surface area contributed by atoms with Crippen LogP contribution in [0.3, 0.4) is 0 Å². The topological polar surface area (TPSA) is 61.4 Å². The van der Waals surface area contributed by atoms with Crippen LogP contribution in [0.4, 0.5) is 15.8 Å². The van der Waals surface area contributed by atoms with Crippen LogP contribution in [0.15, 0.2) is 65.6 Å². The highest BCUT2D eigenvalue weighted by molar-refractivity contribution is 7.98. The van der Waals surface area contributed by atoms with Crippen molar-refractivity contribution in [3.8, 4) is 0 Å². The lowest BCUT2D eigenvalue weighted by molar-refractivity contribution is -0.128. The average Bonchev–Trinajstić information content (AvgIpc) is 3.41. The maximum atomic E-state index is 16.3. The van der Waals surface area contributed by atoms with Gasteiger partial charge in [0.05, 0.1) is 11.1 Å². The molecule has 2 aliphatic heterocycles. The number of rotatable bonds is 5. The number of amides is 2. The molecule has 1 saturated heterocycles. The van der Waals surface area contributed by atoms with Gasteiger partial charge in [0.15, 0.2) is 0 Å². The van der Waals surface area contributed by atoms with Crippen molar-refractivity contribution in [2.75, 3.05) is 23.4 Å². The number of carbonyl (C=O) groups is 2. The fraction of sp³-hybridized carbons (Fsp3) is 0.412. The van der Waals surface area contributed by atoms with Crippen LogP contribution in [-0.4, -0.2) is 41.1 Å². The third-order valence-corrected chi connectivity index (χ3v) is 11.4. The van der Waals surface area contributed by atoms with Crippen LogP contribution in [0.1, 0.15) is 63.5 Å². The Morgan fingerprint density at radius 3 is 2.42 bits per heavy atom. The minimum Gasteiger partial charge on any atom is -0.325 e. The number of halogens is 3. The number of hydrogen-bond donors (Lipinski definition) is 2. The van der Waals surface area contributed by atoms with Crippen molar-refractivity contribution in [1.82, 2.24) is 4.90 Å². The van der Waals surface area contributed by atoms with Crippen LogP contribution < -0.4 is 10.6 Å². The van der Waals surface area contributed by atoms with Gasteiger partial charge in [0.25, 0.3) is 0 Å². The van der Waals surface area contributed by atoms with E-state index in [0.717, 1.165) is 23.3 Å². The molecule has 0 aromatic heterocycles. The number of benzene rings is 3. The maximum absolute atomic E-state index is 16.3. The van der Waals surface area contributed by atoms with Crippen molar-refractivity contribution in [3.05, 3.63) is 87.7 Å². The number of likely N-dealkylation sites (N-methyl/N-ethyl adjacent to an activating group) is 1. The van der Waals surface area contributed by atoms with E-state index in [-0.39, 0.29) is 27.8 Å². The van der Waals surface area contributed by atoms with Crippen LogP contribution in [0.25, 0.3) is 0 Å². The third-order valence-electron chi connectivity index (χ3n) is 10.1. The summed E-state index contributed by atoms with van der Waals surface area (Å²) < 4.78 is 16.3. The Morgan fingerprint density at radius 1 is 1.07 bits per heavy atom. The Labute approximate surface area is 266 Å². The number of carbonyl (C=O) groups excluding carboxylic acids is 2. The lowest BCUT2D eigenvalue weighted by Gasteiger charge is -2.53. The molecule has 5 nitrogen and oxygen atoms in total. The van der Waals surface area contributed by atoms with Gasteiger partial charge in [-0.25, -0.2) is 4.39 Å². The van der Waals surface area contributed by atoms with Crippen LogP contribution in [0.5, 0.6) is 0 Å². The highest BCUT2D eigenvalue weighted by Gasteiger charge is 2.75. The first-order valence-corrected chi connectivity index (χ1v) is 16.7. The normalized spacial score (nSPS) is 25.6. The van der Waals surface area contributed by atoms with E-state index in [4.69, 9.17) is 23.2 Å². The van der Waals surface area contributed by atoms with Crippen LogP contribution in [0.2, 0.25) is 10.0 Å². The molecule has 2 amide bonds. The Bertz CT molecular complexity index is 1590.